The Morgan fingerprint density at radius 1 is 0.895 bits per heavy atom. The van der Waals surface area contributed by atoms with Crippen molar-refractivity contribution in [3.05, 3.63) is 0 Å². The lowest BCUT2D eigenvalue weighted by Gasteiger charge is -2.15. The van der Waals surface area contributed by atoms with Crippen molar-refractivity contribution in [2.75, 3.05) is 0 Å². The molecule has 1 rings (SSSR count). The SMILES string of the molecule is CC(C)CC(=O)O[C@@H]1CC[C@H](OC(=O)CC(C)C)C1. The highest BCUT2D eigenvalue weighted by Gasteiger charge is 2.30. The lowest BCUT2D eigenvalue weighted by atomic mass is 10.1. The molecule has 0 N–H and O–H groups in total. The Morgan fingerprint density at radius 2 is 1.26 bits per heavy atom. The van der Waals surface area contributed by atoms with Crippen LogP contribution in [0.2, 0.25) is 0 Å². The van der Waals surface area contributed by atoms with E-state index in [1.54, 1.807) is 0 Å². The van der Waals surface area contributed by atoms with Crippen LogP contribution in [-0.4, -0.2) is 24.1 Å². The summed E-state index contributed by atoms with van der Waals surface area (Å²) in [5.74, 6) is 0.338. The second-order valence-corrected chi connectivity index (χ2v) is 6.23. The topological polar surface area (TPSA) is 52.6 Å². The van der Waals surface area contributed by atoms with Gasteiger partial charge in [0.05, 0.1) is 0 Å². The highest BCUT2D eigenvalue weighted by molar-refractivity contribution is 5.70. The quantitative estimate of drug-likeness (QED) is 0.696. The monoisotopic (exact) mass is 270 g/mol. The van der Waals surface area contributed by atoms with Crippen LogP contribution in [0.1, 0.15) is 59.8 Å². The van der Waals surface area contributed by atoms with E-state index < -0.39 is 0 Å². The van der Waals surface area contributed by atoms with Gasteiger partial charge in [-0.3, -0.25) is 9.59 Å². The van der Waals surface area contributed by atoms with E-state index >= 15 is 0 Å². The van der Waals surface area contributed by atoms with E-state index in [0.717, 1.165) is 12.8 Å². The summed E-state index contributed by atoms with van der Waals surface area (Å²) < 4.78 is 10.8. The Kier molecular flexibility index (Phi) is 6.32. The van der Waals surface area contributed by atoms with Crippen LogP contribution in [0.4, 0.5) is 0 Å². The van der Waals surface area contributed by atoms with Crippen LogP contribution in [0, 0.1) is 11.8 Å². The summed E-state index contributed by atoms with van der Waals surface area (Å²) in [5.41, 5.74) is 0. The van der Waals surface area contributed by atoms with Gasteiger partial charge in [0, 0.05) is 19.3 Å². The summed E-state index contributed by atoms with van der Waals surface area (Å²) in [6.07, 6.45) is 2.98. The van der Waals surface area contributed by atoms with Crippen LogP contribution in [-0.2, 0) is 19.1 Å². The zero-order chi connectivity index (χ0) is 14.4. The van der Waals surface area contributed by atoms with E-state index in [4.69, 9.17) is 9.47 Å². The maximum atomic E-state index is 11.6. The van der Waals surface area contributed by atoms with Crippen molar-refractivity contribution in [2.24, 2.45) is 11.8 Å². The number of esters is 2. The fourth-order valence-electron chi connectivity index (χ4n) is 2.25. The standard InChI is InChI=1S/C15H26O4/c1-10(2)7-14(16)18-12-5-6-13(9-12)19-15(17)8-11(3)4/h10-13H,5-9H2,1-4H3/t12-,13+. The minimum absolute atomic E-state index is 0.0805. The van der Waals surface area contributed by atoms with Crippen LogP contribution in [0.25, 0.3) is 0 Å². The van der Waals surface area contributed by atoms with Gasteiger partial charge in [0.1, 0.15) is 12.2 Å². The first kappa shape index (κ1) is 16.0. The Morgan fingerprint density at radius 3 is 1.58 bits per heavy atom. The molecule has 1 aliphatic carbocycles. The molecule has 0 saturated heterocycles. The summed E-state index contributed by atoms with van der Waals surface area (Å²) in [5, 5.41) is 0. The number of ether oxygens (including phenoxy) is 2. The third-order valence-electron chi connectivity index (χ3n) is 3.08. The number of hydrogen-bond acceptors (Lipinski definition) is 4. The first-order valence-corrected chi connectivity index (χ1v) is 7.25. The fourth-order valence-corrected chi connectivity index (χ4v) is 2.25. The van der Waals surface area contributed by atoms with Crippen molar-refractivity contribution in [2.45, 2.75) is 72.0 Å². The van der Waals surface area contributed by atoms with E-state index in [2.05, 4.69) is 0 Å². The second kappa shape index (κ2) is 7.51. The molecule has 0 aromatic rings. The highest BCUT2D eigenvalue weighted by atomic mass is 16.6. The van der Waals surface area contributed by atoms with Crippen LogP contribution in [0.3, 0.4) is 0 Å². The van der Waals surface area contributed by atoms with E-state index in [9.17, 15) is 9.59 Å². The van der Waals surface area contributed by atoms with Crippen molar-refractivity contribution < 1.29 is 19.1 Å². The van der Waals surface area contributed by atoms with Crippen LogP contribution < -0.4 is 0 Å². The lowest BCUT2D eigenvalue weighted by molar-refractivity contribution is -0.152. The smallest absolute Gasteiger partial charge is 0.306 e. The molecule has 0 amide bonds. The maximum absolute atomic E-state index is 11.6. The Balaban J connectivity index is 2.26. The minimum Gasteiger partial charge on any atom is -0.462 e. The molecule has 0 aliphatic heterocycles. The molecular formula is C15H26O4. The van der Waals surface area contributed by atoms with Gasteiger partial charge in [0.25, 0.3) is 0 Å². The van der Waals surface area contributed by atoms with Crippen molar-refractivity contribution in [3.63, 3.8) is 0 Å². The molecule has 0 aromatic carbocycles. The molecule has 1 saturated carbocycles. The van der Waals surface area contributed by atoms with Gasteiger partial charge in [-0.1, -0.05) is 27.7 Å². The molecule has 0 unspecified atom stereocenters. The molecule has 1 aliphatic rings. The molecule has 2 atom stereocenters. The summed E-state index contributed by atoms with van der Waals surface area (Å²) >= 11 is 0. The molecule has 0 aromatic heterocycles. The third kappa shape index (κ3) is 6.60. The molecule has 4 heteroatoms. The van der Waals surface area contributed by atoms with Gasteiger partial charge in [0.2, 0.25) is 0 Å². The van der Waals surface area contributed by atoms with Crippen LogP contribution >= 0.6 is 0 Å². The number of rotatable bonds is 6. The van der Waals surface area contributed by atoms with E-state index in [1.807, 2.05) is 27.7 Å². The molecule has 4 nitrogen and oxygen atoms in total. The molecule has 0 heterocycles. The molecule has 0 radical (unpaired) electrons. The molecule has 0 bridgehead atoms. The Labute approximate surface area is 115 Å². The van der Waals surface area contributed by atoms with Gasteiger partial charge < -0.3 is 9.47 Å². The molecule has 110 valence electrons. The summed E-state index contributed by atoms with van der Waals surface area (Å²) in [4.78, 5) is 23.1. The van der Waals surface area contributed by atoms with Gasteiger partial charge >= 0.3 is 11.9 Å². The largest absolute Gasteiger partial charge is 0.462 e. The van der Waals surface area contributed by atoms with Gasteiger partial charge in [-0.15, -0.1) is 0 Å². The van der Waals surface area contributed by atoms with Crippen LogP contribution in [0.15, 0.2) is 0 Å². The average Bonchev–Trinajstić information content (AvgIpc) is 2.62. The normalized spacial score (nSPS) is 22.8. The van der Waals surface area contributed by atoms with Crippen molar-refractivity contribution in [1.29, 1.82) is 0 Å². The Bertz CT molecular complexity index is 279. The fraction of sp³-hybridized carbons (Fsp3) is 0.867. The van der Waals surface area contributed by atoms with E-state index in [-0.39, 0.29) is 24.1 Å². The average molecular weight is 270 g/mol. The third-order valence-corrected chi connectivity index (χ3v) is 3.08. The zero-order valence-electron chi connectivity index (χ0n) is 12.5. The molecule has 1 fully saturated rings. The van der Waals surface area contributed by atoms with Crippen molar-refractivity contribution >= 4 is 11.9 Å². The minimum atomic E-state index is -0.144. The summed E-state index contributed by atoms with van der Waals surface area (Å²) in [6, 6.07) is 0. The highest BCUT2D eigenvalue weighted by Crippen LogP contribution is 2.26. The number of carbonyl (C=O) groups is 2. The first-order chi connectivity index (χ1) is 8.86. The maximum Gasteiger partial charge on any atom is 0.306 e. The van der Waals surface area contributed by atoms with Crippen LogP contribution in [0.5, 0.6) is 0 Å². The predicted octanol–water partition coefficient (Wildman–Crippen LogP) is 3.09. The zero-order valence-corrected chi connectivity index (χ0v) is 12.5. The van der Waals surface area contributed by atoms with Gasteiger partial charge in [0.15, 0.2) is 0 Å². The summed E-state index contributed by atoms with van der Waals surface area (Å²) in [7, 11) is 0. The van der Waals surface area contributed by atoms with Gasteiger partial charge in [-0.25, -0.2) is 0 Å². The van der Waals surface area contributed by atoms with Crippen molar-refractivity contribution in [3.8, 4) is 0 Å². The first-order valence-electron chi connectivity index (χ1n) is 7.25. The predicted molar refractivity (Wildman–Crippen MR) is 72.5 cm³/mol. The number of hydrogen-bond donors (Lipinski definition) is 0. The molecule has 0 spiro atoms. The molecular weight excluding hydrogens is 244 g/mol. The number of carbonyl (C=O) groups excluding carboxylic acids is 2. The van der Waals surface area contributed by atoms with E-state index in [0.29, 0.717) is 31.1 Å². The Hall–Kier alpha value is -1.06. The van der Waals surface area contributed by atoms with Crippen molar-refractivity contribution in [1.82, 2.24) is 0 Å². The van der Waals surface area contributed by atoms with E-state index in [1.165, 1.54) is 0 Å². The second-order valence-electron chi connectivity index (χ2n) is 6.23. The van der Waals surface area contributed by atoms with Gasteiger partial charge in [-0.05, 0) is 24.7 Å². The lowest BCUT2D eigenvalue weighted by Crippen LogP contribution is -2.20. The molecule has 19 heavy (non-hydrogen) atoms. The van der Waals surface area contributed by atoms with Gasteiger partial charge in [-0.2, -0.15) is 0 Å². The summed E-state index contributed by atoms with van der Waals surface area (Å²) in [6.45, 7) is 7.97.